The summed E-state index contributed by atoms with van der Waals surface area (Å²) in [5.41, 5.74) is 30.3. The molecular weight excluding hydrogens is 1790 g/mol. The molecule has 0 atom stereocenters. The van der Waals surface area contributed by atoms with Crippen molar-refractivity contribution in [3.05, 3.63) is 550 Å². The lowest BCUT2D eigenvalue weighted by molar-refractivity contribution is 0.661. The number of hydrogen-bond acceptors (Lipinski definition) is 4. The standard InChI is InChI=1S/2C49H35N.C46H29NO/c1-49(2)46-15-9-8-14-43(46)45-31-44-38(30-47(45)49)19-17-35-16-18-37-29-41(26-27-42(37)48(35)44)50(40-25-22-33-12-6-7-13-36(33)28-40)39-23-20-34(21-24-39)32-10-4-3-5-11-32;1-49(2)46-15-9-8-14-43(46)45-30-38-19-17-35-16-18-37-29-41(26-27-42(37)48(35)44(38)31-47(45)49)50(40-25-22-33-12-6-7-13-36(33)28-40)39-23-20-34(21-24-39)32-10-4-3-5-11-32;1-2-8-30(9-3-1)32-18-21-37(22-19-32)47(38-23-20-31-10-4-5-11-34(31)26-38)39-24-25-40-35(27-39)16-14-33-15-17-36-28-45-43(29-42(36)46(33)40)41-12-6-7-13-44(41)48-45/h2*3-31H,1-2H3;1-29H. The maximum Gasteiger partial charge on any atom is 0.136 e. The fraction of sp³-hybridized carbons (Fsp3) is 0.0417. The minimum Gasteiger partial charge on any atom is -0.456 e. The van der Waals surface area contributed by atoms with E-state index < -0.39 is 0 Å². The first kappa shape index (κ1) is 87.1. The molecule has 0 spiro atoms. The highest BCUT2D eigenvalue weighted by molar-refractivity contribution is 6.26. The van der Waals surface area contributed by atoms with E-state index in [1.165, 1.54) is 207 Å². The van der Waals surface area contributed by atoms with Crippen molar-refractivity contribution in [1.82, 2.24) is 0 Å². The third-order valence-corrected chi connectivity index (χ3v) is 31.7. The molecule has 0 saturated heterocycles. The summed E-state index contributed by atoms with van der Waals surface area (Å²) in [5, 5.41) is 32.5. The molecule has 0 aliphatic heterocycles. The minimum absolute atomic E-state index is 0.0196. The quantitative estimate of drug-likeness (QED) is 0.114. The highest BCUT2D eigenvalue weighted by Crippen LogP contribution is 2.55. The normalized spacial score (nSPS) is 12.7. The van der Waals surface area contributed by atoms with Crippen LogP contribution in [-0.2, 0) is 10.8 Å². The molecular formula is C144H99N3O. The number of furan rings is 1. The molecule has 148 heavy (non-hydrogen) atoms. The Morgan fingerprint density at radius 1 is 0.142 bits per heavy atom. The first-order valence-corrected chi connectivity index (χ1v) is 51.4. The number of rotatable bonds is 12. The van der Waals surface area contributed by atoms with Crippen LogP contribution in [0.1, 0.15) is 49.9 Å². The SMILES string of the molecule is CC1(C)c2ccccc2-c2cc3c(ccc4ccc5cc(N(c6ccc(-c7ccccc7)cc6)c6ccc7ccccc7c6)ccc5c43)cc21.CC1(C)c2ccccc2-c2cc3ccc4ccc5cc(N(c6ccc(-c7ccccc7)cc6)c6ccc7ccccc7c6)ccc5c4c3cc21.c1ccc(-c2ccc(N(c3ccc4ccccc4c3)c3ccc4c(ccc5ccc6cc7oc8ccccc8c7cc6c54)c3)cc2)cc1. The molecule has 0 fully saturated rings. The third-order valence-electron chi connectivity index (χ3n) is 31.7. The minimum atomic E-state index is -0.0452. The molecule has 27 aromatic carbocycles. The summed E-state index contributed by atoms with van der Waals surface area (Å²) in [5.74, 6) is 0. The molecule has 0 bridgehead atoms. The monoisotopic (exact) mass is 1890 g/mol. The summed E-state index contributed by atoms with van der Waals surface area (Å²) >= 11 is 0. The lowest BCUT2D eigenvalue weighted by atomic mass is 9.81. The van der Waals surface area contributed by atoms with Crippen LogP contribution in [0.15, 0.2) is 532 Å². The number of para-hydroxylation sites is 1. The van der Waals surface area contributed by atoms with E-state index in [0.29, 0.717) is 0 Å². The molecule has 4 heteroatoms. The van der Waals surface area contributed by atoms with Crippen LogP contribution in [-0.4, -0.2) is 0 Å². The molecule has 1 heterocycles. The maximum absolute atomic E-state index is 6.24. The zero-order valence-corrected chi connectivity index (χ0v) is 82.5. The van der Waals surface area contributed by atoms with Gasteiger partial charge in [-0.15, -0.1) is 0 Å². The highest BCUT2D eigenvalue weighted by Gasteiger charge is 2.38. The van der Waals surface area contributed by atoms with Gasteiger partial charge in [0.1, 0.15) is 11.2 Å². The fourth-order valence-electron chi connectivity index (χ4n) is 24.2. The Hall–Kier alpha value is -18.7. The summed E-state index contributed by atoms with van der Waals surface area (Å²) in [6.45, 7) is 9.45. The molecule has 4 nitrogen and oxygen atoms in total. The molecule has 2 aliphatic rings. The van der Waals surface area contributed by atoms with Gasteiger partial charge in [0.2, 0.25) is 0 Å². The van der Waals surface area contributed by atoms with Crippen LogP contribution in [0, 0.1) is 0 Å². The van der Waals surface area contributed by atoms with Crippen LogP contribution in [0.5, 0.6) is 0 Å². The van der Waals surface area contributed by atoms with Gasteiger partial charge < -0.3 is 19.1 Å². The summed E-state index contributed by atoms with van der Waals surface area (Å²) in [6, 6.07) is 193. The topological polar surface area (TPSA) is 22.9 Å². The van der Waals surface area contributed by atoms with Gasteiger partial charge in [0.05, 0.1) is 0 Å². The molecule has 1 aromatic heterocycles. The van der Waals surface area contributed by atoms with Gasteiger partial charge in [-0.25, -0.2) is 0 Å². The number of nitrogens with zero attached hydrogens (tertiary/aromatic N) is 3. The second-order valence-electron chi connectivity index (χ2n) is 41.0. The average molecular weight is 1890 g/mol. The Kier molecular flexibility index (Phi) is 20.7. The second kappa shape index (κ2) is 35.1. The Balaban J connectivity index is 0.000000107. The van der Waals surface area contributed by atoms with Gasteiger partial charge in [0.15, 0.2) is 0 Å². The van der Waals surface area contributed by atoms with Crippen LogP contribution in [0.3, 0.4) is 0 Å². The summed E-state index contributed by atoms with van der Waals surface area (Å²) in [7, 11) is 0. The summed E-state index contributed by atoms with van der Waals surface area (Å²) in [4.78, 5) is 7.15. The van der Waals surface area contributed by atoms with Crippen LogP contribution in [0.4, 0.5) is 51.2 Å². The molecule has 0 saturated carbocycles. The Morgan fingerprint density at radius 2 is 0.412 bits per heavy atom. The van der Waals surface area contributed by atoms with Crippen molar-refractivity contribution < 1.29 is 4.42 Å². The molecule has 28 aromatic rings. The van der Waals surface area contributed by atoms with Crippen LogP contribution < -0.4 is 14.7 Å². The first-order valence-electron chi connectivity index (χ1n) is 51.4. The number of fused-ring (bicyclic) bond motifs is 27. The first-order chi connectivity index (χ1) is 72.8. The van der Waals surface area contributed by atoms with Crippen molar-refractivity contribution in [3.63, 3.8) is 0 Å². The van der Waals surface area contributed by atoms with Gasteiger partial charge in [-0.05, 0) is 359 Å². The Labute approximate surface area is 859 Å². The van der Waals surface area contributed by atoms with E-state index in [1.54, 1.807) is 0 Å². The van der Waals surface area contributed by atoms with Crippen LogP contribution in [0.25, 0.3) is 207 Å². The predicted molar refractivity (Wildman–Crippen MR) is 632 cm³/mol. The highest BCUT2D eigenvalue weighted by atomic mass is 16.3. The van der Waals surface area contributed by atoms with Crippen molar-refractivity contribution >= 4 is 202 Å². The van der Waals surface area contributed by atoms with Gasteiger partial charge in [-0.2, -0.15) is 0 Å². The van der Waals surface area contributed by atoms with Crippen molar-refractivity contribution in [3.8, 4) is 55.6 Å². The molecule has 696 valence electrons. The molecule has 0 unspecified atom stereocenters. The molecule has 0 radical (unpaired) electrons. The van der Waals surface area contributed by atoms with E-state index in [-0.39, 0.29) is 10.8 Å². The van der Waals surface area contributed by atoms with E-state index in [2.05, 4.69) is 558 Å². The smallest absolute Gasteiger partial charge is 0.136 e. The van der Waals surface area contributed by atoms with Gasteiger partial charge in [-0.1, -0.05) is 404 Å². The molecule has 30 rings (SSSR count). The lowest BCUT2D eigenvalue weighted by Crippen LogP contribution is -2.14. The number of benzene rings is 27. The zero-order valence-electron chi connectivity index (χ0n) is 82.5. The van der Waals surface area contributed by atoms with Crippen molar-refractivity contribution in [2.45, 2.75) is 38.5 Å². The summed E-state index contributed by atoms with van der Waals surface area (Å²) in [6.07, 6.45) is 0. The van der Waals surface area contributed by atoms with Gasteiger partial charge in [0.25, 0.3) is 0 Å². The second-order valence-corrected chi connectivity index (χ2v) is 41.0. The summed E-state index contributed by atoms with van der Waals surface area (Å²) < 4.78 is 6.24. The number of anilines is 9. The molecule has 0 N–H and O–H groups in total. The lowest BCUT2D eigenvalue weighted by Gasteiger charge is -2.26. The largest absolute Gasteiger partial charge is 0.456 e. The average Bonchev–Trinajstić information content (AvgIpc) is 1.54. The van der Waals surface area contributed by atoms with E-state index in [1.807, 2.05) is 12.1 Å². The van der Waals surface area contributed by atoms with Gasteiger partial charge >= 0.3 is 0 Å². The Morgan fingerprint density at radius 3 is 0.811 bits per heavy atom. The van der Waals surface area contributed by atoms with Crippen LogP contribution >= 0.6 is 0 Å². The molecule has 0 amide bonds. The van der Waals surface area contributed by atoms with Crippen molar-refractivity contribution in [2.75, 3.05) is 14.7 Å². The fourth-order valence-corrected chi connectivity index (χ4v) is 24.2. The maximum atomic E-state index is 6.24. The van der Waals surface area contributed by atoms with Crippen LogP contribution in [0.2, 0.25) is 0 Å². The molecule has 2 aliphatic carbocycles. The van der Waals surface area contributed by atoms with E-state index in [0.717, 1.165) is 73.1 Å². The van der Waals surface area contributed by atoms with Gasteiger partial charge in [0, 0.05) is 72.8 Å². The van der Waals surface area contributed by atoms with E-state index >= 15 is 0 Å². The predicted octanol–water partition coefficient (Wildman–Crippen LogP) is 40.8. The van der Waals surface area contributed by atoms with Gasteiger partial charge in [-0.3, -0.25) is 0 Å². The van der Waals surface area contributed by atoms with Crippen molar-refractivity contribution in [1.29, 1.82) is 0 Å². The third kappa shape index (κ3) is 14.9. The van der Waals surface area contributed by atoms with Crippen molar-refractivity contribution in [2.24, 2.45) is 0 Å². The Bertz CT molecular complexity index is 10200. The number of hydrogen-bond donors (Lipinski definition) is 0. The zero-order chi connectivity index (χ0) is 98.4. The van der Waals surface area contributed by atoms with E-state index in [9.17, 15) is 0 Å². The van der Waals surface area contributed by atoms with E-state index in [4.69, 9.17) is 4.42 Å².